The molecule has 0 spiro atoms. The largest absolute Gasteiger partial charge is 0.497 e. The van der Waals surface area contributed by atoms with Crippen LogP contribution in [0.2, 0.25) is 0 Å². The van der Waals surface area contributed by atoms with Gasteiger partial charge in [-0.05, 0) is 79.3 Å². The highest BCUT2D eigenvalue weighted by atomic mass is 19.1. The van der Waals surface area contributed by atoms with Gasteiger partial charge in [0.05, 0.1) is 18.4 Å². The number of nitriles is 1. The third kappa shape index (κ3) is 5.25. The van der Waals surface area contributed by atoms with Gasteiger partial charge in [0.15, 0.2) is 0 Å². The highest BCUT2D eigenvalue weighted by Crippen LogP contribution is 2.37. The van der Waals surface area contributed by atoms with Crippen LogP contribution in [0, 0.1) is 17.1 Å². The first-order valence-electron chi connectivity index (χ1n) is 12.1. The molecular weight excluding hydrogens is 459 g/mol. The molecule has 0 saturated carbocycles. The van der Waals surface area contributed by atoms with Crippen LogP contribution in [0.5, 0.6) is 5.75 Å². The lowest BCUT2D eigenvalue weighted by Crippen LogP contribution is -2.36. The van der Waals surface area contributed by atoms with E-state index in [2.05, 4.69) is 0 Å². The highest BCUT2D eigenvalue weighted by Gasteiger charge is 2.27. The molecule has 1 aliphatic rings. The Morgan fingerprint density at radius 3 is 2.36 bits per heavy atom. The number of rotatable bonds is 8. The molecule has 8 heteroatoms. The van der Waals surface area contributed by atoms with Crippen LogP contribution in [0.4, 0.5) is 4.39 Å². The molecule has 1 aromatic heterocycles. The van der Waals surface area contributed by atoms with Crippen molar-refractivity contribution < 1.29 is 18.7 Å². The van der Waals surface area contributed by atoms with Crippen LogP contribution in [0.15, 0.2) is 48.5 Å². The van der Waals surface area contributed by atoms with Crippen molar-refractivity contribution in [1.82, 2.24) is 9.47 Å². The molecule has 186 valence electrons. The summed E-state index contributed by atoms with van der Waals surface area (Å²) in [5.41, 5.74) is 8.58. The molecule has 2 aromatic carbocycles. The second kappa shape index (κ2) is 11.1. The van der Waals surface area contributed by atoms with Crippen LogP contribution in [0.1, 0.15) is 48.2 Å². The fourth-order valence-corrected chi connectivity index (χ4v) is 4.68. The van der Waals surface area contributed by atoms with Crippen molar-refractivity contribution in [2.75, 3.05) is 20.2 Å². The summed E-state index contributed by atoms with van der Waals surface area (Å²) in [5.74, 6) is -0.447. The molecule has 0 unspecified atom stereocenters. The predicted molar refractivity (Wildman–Crippen MR) is 135 cm³/mol. The highest BCUT2D eigenvalue weighted by molar-refractivity contribution is 5.98. The van der Waals surface area contributed by atoms with Gasteiger partial charge in [-0.1, -0.05) is 6.07 Å². The molecule has 0 aliphatic carbocycles. The van der Waals surface area contributed by atoms with E-state index >= 15 is 0 Å². The van der Waals surface area contributed by atoms with Crippen LogP contribution in [-0.2, 0) is 11.3 Å². The van der Waals surface area contributed by atoms with E-state index in [0.717, 1.165) is 30.5 Å². The first-order valence-corrected chi connectivity index (χ1v) is 12.1. The van der Waals surface area contributed by atoms with Crippen LogP contribution in [0.25, 0.3) is 22.4 Å². The molecule has 3 aromatic rings. The standard InChI is InChI=1S/C28H29FN4O3/c1-36-22-11-9-19(10-12-22)27-23(20-7-8-21(18-30)24(29)16-20)17-25(33(27)15-5-6-26(31)34)28(35)32-13-3-2-4-14-32/h7-12,16-17H,2-6,13-15H2,1H3,(H2,31,34). The molecule has 0 atom stereocenters. The van der Waals surface area contributed by atoms with Crippen LogP contribution in [0.3, 0.4) is 0 Å². The summed E-state index contributed by atoms with van der Waals surface area (Å²) in [6.45, 7) is 1.76. The molecule has 1 saturated heterocycles. The summed E-state index contributed by atoms with van der Waals surface area (Å²) in [7, 11) is 1.59. The van der Waals surface area contributed by atoms with E-state index in [4.69, 9.17) is 10.5 Å². The zero-order chi connectivity index (χ0) is 25.7. The van der Waals surface area contributed by atoms with Gasteiger partial charge < -0.3 is 19.9 Å². The van der Waals surface area contributed by atoms with Gasteiger partial charge in [0.25, 0.3) is 5.91 Å². The van der Waals surface area contributed by atoms with E-state index in [-0.39, 0.29) is 17.9 Å². The van der Waals surface area contributed by atoms with E-state index in [1.165, 1.54) is 12.1 Å². The molecule has 1 fully saturated rings. The first-order chi connectivity index (χ1) is 17.4. The number of nitrogens with zero attached hydrogens (tertiary/aromatic N) is 3. The summed E-state index contributed by atoms with van der Waals surface area (Å²) < 4.78 is 21.9. The third-order valence-electron chi connectivity index (χ3n) is 6.53. The third-order valence-corrected chi connectivity index (χ3v) is 6.53. The van der Waals surface area contributed by atoms with Gasteiger partial charge >= 0.3 is 0 Å². The van der Waals surface area contributed by atoms with Gasteiger partial charge in [0.2, 0.25) is 5.91 Å². The maximum absolute atomic E-state index is 14.6. The summed E-state index contributed by atoms with van der Waals surface area (Å²) in [6, 6.07) is 15.5. The number of benzene rings is 2. The Bertz CT molecular complexity index is 1300. The summed E-state index contributed by atoms with van der Waals surface area (Å²) >= 11 is 0. The summed E-state index contributed by atoms with van der Waals surface area (Å²) in [5, 5.41) is 9.18. The van der Waals surface area contributed by atoms with E-state index in [0.29, 0.717) is 48.6 Å². The molecule has 2 N–H and O–H groups in total. The van der Waals surface area contributed by atoms with Crippen LogP contribution >= 0.6 is 0 Å². The number of primary amides is 1. The molecule has 0 radical (unpaired) electrons. The molecule has 36 heavy (non-hydrogen) atoms. The number of aromatic nitrogens is 1. The van der Waals surface area contributed by atoms with Gasteiger partial charge in [0, 0.05) is 31.6 Å². The van der Waals surface area contributed by atoms with Crippen LogP contribution in [-0.4, -0.2) is 41.5 Å². The minimum absolute atomic E-state index is 0.0461. The average molecular weight is 489 g/mol. The van der Waals surface area contributed by atoms with Crippen molar-refractivity contribution in [2.45, 2.75) is 38.6 Å². The maximum atomic E-state index is 14.6. The SMILES string of the molecule is COc1ccc(-c2c(-c3ccc(C#N)c(F)c3)cc(C(=O)N3CCCCC3)n2CCCC(N)=O)cc1. The number of likely N-dealkylation sites (tertiary alicyclic amines) is 1. The van der Waals surface area contributed by atoms with E-state index in [1.807, 2.05) is 39.8 Å². The number of methoxy groups -OCH3 is 1. The van der Waals surface area contributed by atoms with Gasteiger partial charge in [-0.15, -0.1) is 0 Å². The number of carbonyl (C=O) groups is 2. The first kappa shape index (κ1) is 25.0. The number of hydrogen-bond donors (Lipinski definition) is 1. The predicted octanol–water partition coefficient (Wildman–Crippen LogP) is 4.73. The number of carbonyl (C=O) groups excluding carboxylic acids is 2. The van der Waals surface area contributed by atoms with Gasteiger partial charge in [-0.2, -0.15) is 5.26 Å². The van der Waals surface area contributed by atoms with E-state index < -0.39 is 11.7 Å². The Hall–Kier alpha value is -4.12. The molecule has 1 aliphatic heterocycles. The quantitative estimate of drug-likeness (QED) is 0.495. The van der Waals surface area contributed by atoms with E-state index in [1.54, 1.807) is 19.2 Å². The molecule has 2 heterocycles. The summed E-state index contributed by atoms with van der Waals surface area (Å²) in [4.78, 5) is 27.0. The van der Waals surface area contributed by atoms with Gasteiger partial charge in [0.1, 0.15) is 23.3 Å². The van der Waals surface area contributed by atoms with Crippen molar-refractivity contribution in [3.8, 4) is 34.2 Å². The normalized spacial score (nSPS) is 13.3. The van der Waals surface area contributed by atoms with Crippen LogP contribution < -0.4 is 10.5 Å². The van der Waals surface area contributed by atoms with Crippen molar-refractivity contribution in [2.24, 2.45) is 5.73 Å². The van der Waals surface area contributed by atoms with Crippen molar-refractivity contribution >= 4 is 11.8 Å². The van der Waals surface area contributed by atoms with Gasteiger partial charge in [-0.3, -0.25) is 9.59 Å². The maximum Gasteiger partial charge on any atom is 0.270 e. The zero-order valence-electron chi connectivity index (χ0n) is 20.3. The molecule has 2 amide bonds. The molecular formula is C28H29FN4O3. The molecule has 0 bridgehead atoms. The number of ether oxygens (including phenoxy) is 1. The number of hydrogen-bond acceptors (Lipinski definition) is 4. The Morgan fingerprint density at radius 2 is 1.75 bits per heavy atom. The second-order valence-corrected chi connectivity index (χ2v) is 8.90. The Morgan fingerprint density at radius 1 is 1.06 bits per heavy atom. The monoisotopic (exact) mass is 488 g/mol. The fraction of sp³-hybridized carbons (Fsp3) is 0.321. The number of nitrogens with two attached hydrogens (primary N) is 1. The lowest BCUT2D eigenvalue weighted by Gasteiger charge is -2.27. The second-order valence-electron chi connectivity index (χ2n) is 8.90. The Labute approximate surface area is 209 Å². The summed E-state index contributed by atoms with van der Waals surface area (Å²) in [6.07, 6.45) is 3.63. The van der Waals surface area contributed by atoms with Crippen molar-refractivity contribution in [1.29, 1.82) is 5.26 Å². The van der Waals surface area contributed by atoms with E-state index in [9.17, 15) is 19.2 Å². The Balaban J connectivity index is 1.91. The van der Waals surface area contributed by atoms with Crippen molar-refractivity contribution in [3.63, 3.8) is 0 Å². The zero-order valence-corrected chi connectivity index (χ0v) is 20.3. The van der Waals surface area contributed by atoms with Crippen molar-refractivity contribution in [3.05, 3.63) is 65.6 Å². The molecule has 4 rings (SSSR count). The minimum Gasteiger partial charge on any atom is -0.497 e. The number of amides is 2. The topological polar surface area (TPSA) is 101 Å². The molecule has 7 nitrogen and oxygen atoms in total. The Kier molecular flexibility index (Phi) is 7.69. The van der Waals surface area contributed by atoms with Gasteiger partial charge in [-0.25, -0.2) is 4.39 Å². The number of halogens is 1. The minimum atomic E-state index is -0.624. The smallest absolute Gasteiger partial charge is 0.270 e. The lowest BCUT2D eigenvalue weighted by atomic mass is 9.99. The number of piperidine rings is 1. The fourth-order valence-electron chi connectivity index (χ4n) is 4.68. The average Bonchev–Trinajstić information content (AvgIpc) is 3.27. The lowest BCUT2D eigenvalue weighted by molar-refractivity contribution is -0.118.